The van der Waals surface area contributed by atoms with Crippen LogP contribution in [0.15, 0.2) is 42.5 Å². The van der Waals surface area contributed by atoms with Crippen molar-refractivity contribution in [3.05, 3.63) is 68.7 Å². The second kappa shape index (κ2) is 9.02. The maximum Gasteiger partial charge on any atom is 0.293 e. The Labute approximate surface area is 180 Å². The number of halogens is 1. The van der Waals surface area contributed by atoms with E-state index in [0.717, 1.165) is 50.3 Å². The standard InChI is InChI=1S/C22H25ClN4O3/c23-17-4-1-15(2-5-17)14-26-11-9-19(10-12-26)24-20-8-3-16(13-21(20)27(29)30)22(28)25-18-6-7-18/h1-5,8,13,18-19,24H,6-7,9-12,14H2,(H,25,28). The SMILES string of the molecule is O=C(NC1CC1)c1ccc(NC2CCN(Cc3ccc(Cl)cc3)CC2)c([N+](=O)[O-])c1. The molecule has 0 atom stereocenters. The van der Waals surface area contributed by atoms with Gasteiger partial charge >= 0.3 is 0 Å². The molecule has 0 spiro atoms. The molecule has 4 rings (SSSR count). The predicted molar refractivity (Wildman–Crippen MR) is 117 cm³/mol. The highest BCUT2D eigenvalue weighted by Gasteiger charge is 2.26. The van der Waals surface area contributed by atoms with E-state index in [0.29, 0.717) is 11.3 Å². The number of likely N-dealkylation sites (tertiary alicyclic amines) is 1. The van der Waals surface area contributed by atoms with Crippen molar-refractivity contribution in [1.82, 2.24) is 10.2 Å². The molecule has 2 fully saturated rings. The highest BCUT2D eigenvalue weighted by Crippen LogP contribution is 2.29. The number of nitrogens with one attached hydrogen (secondary N) is 2. The molecule has 2 aliphatic rings. The number of anilines is 1. The van der Waals surface area contributed by atoms with E-state index in [1.54, 1.807) is 12.1 Å². The van der Waals surface area contributed by atoms with Crippen molar-refractivity contribution < 1.29 is 9.72 Å². The number of rotatable bonds is 7. The molecule has 2 aromatic rings. The van der Waals surface area contributed by atoms with E-state index in [9.17, 15) is 14.9 Å². The lowest BCUT2D eigenvalue weighted by molar-refractivity contribution is -0.384. The zero-order valence-electron chi connectivity index (χ0n) is 16.6. The van der Waals surface area contributed by atoms with Gasteiger partial charge in [-0.3, -0.25) is 19.8 Å². The highest BCUT2D eigenvalue weighted by molar-refractivity contribution is 6.30. The first-order valence-electron chi connectivity index (χ1n) is 10.3. The minimum Gasteiger partial charge on any atom is -0.377 e. The number of carbonyl (C=O) groups excluding carboxylic acids is 1. The molecule has 8 heteroatoms. The molecule has 1 amide bonds. The quantitative estimate of drug-likeness (QED) is 0.509. The summed E-state index contributed by atoms with van der Waals surface area (Å²) in [7, 11) is 0. The third kappa shape index (κ3) is 5.29. The van der Waals surface area contributed by atoms with Crippen LogP contribution in [0, 0.1) is 10.1 Å². The van der Waals surface area contributed by atoms with Gasteiger partial charge in [-0.25, -0.2) is 0 Å². The van der Waals surface area contributed by atoms with Crippen molar-refractivity contribution >= 4 is 28.9 Å². The van der Waals surface area contributed by atoms with Crippen LogP contribution >= 0.6 is 11.6 Å². The molecule has 158 valence electrons. The van der Waals surface area contributed by atoms with Crippen LogP contribution in [-0.4, -0.2) is 40.9 Å². The minimum absolute atomic E-state index is 0.0537. The molecule has 1 aliphatic heterocycles. The van der Waals surface area contributed by atoms with Gasteiger partial charge in [0.1, 0.15) is 5.69 Å². The van der Waals surface area contributed by atoms with E-state index in [2.05, 4.69) is 15.5 Å². The summed E-state index contributed by atoms with van der Waals surface area (Å²) in [5.74, 6) is -0.248. The van der Waals surface area contributed by atoms with Crippen LogP contribution in [0.5, 0.6) is 0 Å². The second-order valence-electron chi connectivity index (χ2n) is 8.06. The van der Waals surface area contributed by atoms with Crippen LogP contribution in [0.2, 0.25) is 5.02 Å². The van der Waals surface area contributed by atoms with E-state index < -0.39 is 4.92 Å². The van der Waals surface area contributed by atoms with Gasteiger partial charge < -0.3 is 10.6 Å². The van der Waals surface area contributed by atoms with E-state index in [1.165, 1.54) is 11.6 Å². The Bertz CT molecular complexity index is 922. The number of piperidine rings is 1. The summed E-state index contributed by atoms with van der Waals surface area (Å²) in [5.41, 5.74) is 1.97. The molecule has 2 N–H and O–H groups in total. The lowest BCUT2D eigenvalue weighted by atomic mass is 10.0. The summed E-state index contributed by atoms with van der Waals surface area (Å²) in [5, 5.41) is 18.5. The molecule has 7 nitrogen and oxygen atoms in total. The Morgan fingerprint density at radius 1 is 1.07 bits per heavy atom. The van der Waals surface area contributed by atoms with Crippen molar-refractivity contribution in [3.8, 4) is 0 Å². The smallest absolute Gasteiger partial charge is 0.293 e. The zero-order valence-corrected chi connectivity index (χ0v) is 17.4. The molecule has 1 saturated heterocycles. The maximum absolute atomic E-state index is 12.2. The van der Waals surface area contributed by atoms with Crippen LogP contribution in [-0.2, 0) is 6.54 Å². The monoisotopic (exact) mass is 428 g/mol. The first kappa shape index (κ1) is 20.6. The molecular formula is C22H25ClN4O3. The predicted octanol–water partition coefficient (Wildman–Crippen LogP) is 4.22. The van der Waals surface area contributed by atoms with Crippen molar-refractivity contribution in [2.75, 3.05) is 18.4 Å². The molecule has 30 heavy (non-hydrogen) atoms. The van der Waals surface area contributed by atoms with Crippen molar-refractivity contribution in [2.45, 2.75) is 44.3 Å². The normalized spacial score (nSPS) is 17.5. The van der Waals surface area contributed by atoms with Crippen LogP contribution in [0.25, 0.3) is 0 Å². The van der Waals surface area contributed by atoms with Gasteiger partial charge in [0.05, 0.1) is 4.92 Å². The number of nitrogens with zero attached hydrogens (tertiary/aromatic N) is 2. The molecule has 1 saturated carbocycles. The summed E-state index contributed by atoms with van der Waals surface area (Å²) >= 11 is 5.95. The highest BCUT2D eigenvalue weighted by atomic mass is 35.5. The van der Waals surface area contributed by atoms with Gasteiger partial charge in [-0.2, -0.15) is 0 Å². The molecule has 0 radical (unpaired) electrons. The molecule has 0 unspecified atom stereocenters. The van der Waals surface area contributed by atoms with Gasteiger partial charge in [0.25, 0.3) is 11.6 Å². The summed E-state index contributed by atoms with van der Waals surface area (Å²) in [6.45, 7) is 2.70. The Balaban J connectivity index is 1.35. The maximum atomic E-state index is 12.2. The van der Waals surface area contributed by atoms with Gasteiger partial charge in [-0.05, 0) is 55.5 Å². The van der Waals surface area contributed by atoms with E-state index in [4.69, 9.17) is 11.6 Å². The van der Waals surface area contributed by atoms with Crippen molar-refractivity contribution in [2.24, 2.45) is 0 Å². The lowest BCUT2D eigenvalue weighted by Crippen LogP contribution is -2.38. The van der Waals surface area contributed by atoms with Gasteiger partial charge in [-0.15, -0.1) is 0 Å². The van der Waals surface area contributed by atoms with Crippen molar-refractivity contribution in [1.29, 1.82) is 0 Å². The van der Waals surface area contributed by atoms with E-state index in [1.807, 2.05) is 24.3 Å². The second-order valence-corrected chi connectivity index (χ2v) is 8.49. The Kier molecular flexibility index (Phi) is 6.20. The van der Waals surface area contributed by atoms with Gasteiger partial charge in [0.2, 0.25) is 0 Å². The topological polar surface area (TPSA) is 87.5 Å². The fourth-order valence-electron chi connectivity index (χ4n) is 3.75. The Hall–Kier alpha value is -2.64. The van der Waals surface area contributed by atoms with Gasteiger partial charge in [-0.1, -0.05) is 23.7 Å². The number of benzene rings is 2. The average molecular weight is 429 g/mol. The lowest BCUT2D eigenvalue weighted by Gasteiger charge is -2.32. The summed E-state index contributed by atoms with van der Waals surface area (Å²) in [4.78, 5) is 25.7. The van der Waals surface area contributed by atoms with E-state index in [-0.39, 0.29) is 23.7 Å². The van der Waals surface area contributed by atoms with Gasteiger partial charge in [0.15, 0.2) is 0 Å². The Morgan fingerprint density at radius 3 is 2.40 bits per heavy atom. The Morgan fingerprint density at radius 2 is 1.77 bits per heavy atom. The molecule has 0 bridgehead atoms. The van der Waals surface area contributed by atoms with E-state index >= 15 is 0 Å². The third-order valence-electron chi connectivity index (χ3n) is 5.64. The van der Waals surface area contributed by atoms with Crippen LogP contribution < -0.4 is 10.6 Å². The summed E-state index contributed by atoms with van der Waals surface area (Å²) in [6, 6.07) is 12.9. The summed E-state index contributed by atoms with van der Waals surface area (Å²) < 4.78 is 0. The molecule has 1 aliphatic carbocycles. The van der Waals surface area contributed by atoms with Crippen LogP contribution in [0.3, 0.4) is 0 Å². The van der Waals surface area contributed by atoms with Crippen LogP contribution in [0.4, 0.5) is 11.4 Å². The largest absolute Gasteiger partial charge is 0.377 e. The number of hydrogen-bond donors (Lipinski definition) is 2. The van der Waals surface area contributed by atoms with Gasteiger partial charge in [0, 0.05) is 48.4 Å². The number of hydrogen-bond acceptors (Lipinski definition) is 5. The average Bonchev–Trinajstić information content (AvgIpc) is 3.55. The fraction of sp³-hybridized carbons (Fsp3) is 0.409. The third-order valence-corrected chi connectivity index (χ3v) is 5.89. The molecule has 1 heterocycles. The number of amides is 1. The number of nitro benzene ring substituents is 1. The number of nitro groups is 1. The first-order valence-corrected chi connectivity index (χ1v) is 10.7. The fourth-order valence-corrected chi connectivity index (χ4v) is 3.87. The zero-order chi connectivity index (χ0) is 21.1. The number of carbonyl (C=O) groups is 1. The van der Waals surface area contributed by atoms with Crippen LogP contribution in [0.1, 0.15) is 41.6 Å². The van der Waals surface area contributed by atoms with Crippen molar-refractivity contribution in [3.63, 3.8) is 0 Å². The molecule has 0 aromatic heterocycles. The first-order chi connectivity index (χ1) is 14.5. The summed E-state index contributed by atoms with van der Waals surface area (Å²) in [6.07, 6.45) is 3.75. The molecular weight excluding hydrogens is 404 g/mol. The minimum atomic E-state index is -0.425. The molecule has 2 aromatic carbocycles.